The molecule has 0 amide bonds. The summed E-state index contributed by atoms with van der Waals surface area (Å²) >= 11 is 0. The topological polar surface area (TPSA) is 59.0 Å². The quantitative estimate of drug-likeness (QED) is 0.625. The summed E-state index contributed by atoms with van der Waals surface area (Å²) in [4.78, 5) is 15.1. The molecule has 2 aliphatic heterocycles. The molecule has 0 aliphatic carbocycles. The Morgan fingerprint density at radius 3 is 2.53 bits per heavy atom. The maximum absolute atomic E-state index is 12.9. The summed E-state index contributed by atoms with van der Waals surface area (Å²) in [5.41, 5.74) is 2.49. The number of fused-ring (bicyclic) bond motifs is 2. The van der Waals surface area contributed by atoms with E-state index in [2.05, 4.69) is 11.0 Å². The average Bonchev–Trinajstić information content (AvgIpc) is 3.00. The molecule has 0 saturated heterocycles. The number of benzene rings is 3. The van der Waals surface area contributed by atoms with Crippen molar-refractivity contribution in [3.05, 3.63) is 95.1 Å². The Morgan fingerprint density at radius 1 is 0.938 bits per heavy atom. The van der Waals surface area contributed by atoms with Crippen molar-refractivity contribution in [3.8, 4) is 11.5 Å². The number of hydrogen-bond acceptors (Lipinski definition) is 5. The van der Waals surface area contributed by atoms with Gasteiger partial charge in [0.25, 0.3) is 0 Å². The number of carbonyl (C=O) groups excluding carboxylic acids is 1. The maximum atomic E-state index is 12.9. The van der Waals surface area contributed by atoms with Gasteiger partial charge in [0.2, 0.25) is 0 Å². The smallest absolute Gasteiger partial charge is 0.164 e. The predicted octanol–water partition coefficient (Wildman–Crippen LogP) is 3.82. The summed E-state index contributed by atoms with van der Waals surface area (Å²) in [5, 5.41) is 11.9. The largest absolute Gasteiger partial charge is 0.486 e. The summed E-state index contributed by atoms with van der Waals surface area (Å²) in [6.07, 6.45) is 1.21. The van der Waals surface area contributed by atoms with E-state index in [1.807, 2.05) is 48.5 Å². The molecule has 32 heavy (non-hydrogen) atoms. The molecule has 0 radical (unpaired) electrons. The fourth-order valence-electron chi connectivity index (χ4n) is 4.68. The molecule has 5 nitrogen and oxygen atoms in total. The van der Waals surface area contributed by atoms with Crippen LogP contribution >= 0.6 is 0 Å². The molecular weight excluding hydrogens is 402 g/mol. The molecule has 5 heteroatoms. The second-order valence-corrected chi connectivity index (χ2v) is 8.44. The third-order valence-corrected chi connectivity index (χ3v) is 6.38. The minimum atomic E-state index is -1.12. The molecule has 0 fully saturated rings. The second-order valence-electron chi connectivity index (χ2n) is 8.44. The Labute approximate surface area is 188 Å². The number of aliphatic hydroxyl groups is 1. The summed E-state index contributed by atoms with van der Waals surface area (Å²) in [6, 6.07) is 23.3. The molecule has 1 atom stereocenters. The first-order valence-corrected chi connectivity index (χ1v) is 11.1. The Bertz CT molecular complexity index is 1110. The van der Waals surface area contributed by atoms with E-state index < -0.39 is 5.60 Å². The van der Waals surface area contributed by atoms with Gasteiger partial charge in [-0.3, -0.25) is 9.69 Å². The van der Waals surface area contributed by atoms with Crippen LogP contribution in [0.25, 0.3) is 0 Å². The standard InChI is InChI=1S/C27H27NO4/c29-24(21-10-11-25-26(18-21)32-17-16-31-25)13-15-28-14-12-20-6-4-5-9-23(20)27(30,19-28)22-7-2-1-3-8-22/h1-11,18,30H,12-17,19H2/t27-/m0/s1. The molecule has 0 saturated carbocycles. The van der Waals surface area contributed by atoms with Crippen LogP contribution in [0.15, 0.2) is 72.8 Å². The molecule has 164 valence electrons. The Kier molecular flexibility index (Phi) is 5.68. The minimum absolute atomic E-state index is 0.0620. The molecule has 2 aliphatic rings. The number of rotatable bonds is 5. The molecule has 0 spiro atoms. The summed E-state index contributed by atoms with van der Waals surface area (Å²) in [6.45, 7) is 2.85. The van der Waals surface area contributed by atoms with Crippen LogP contribution in [0.5, 0.6) is 11.5 Å². The lowest BCUT2D eigenvalue weighted by molar-refractivity contribution is 0.0401. The lowest BCUT2D eigenvalue weighted by Crippen LogP contribution is -2.41. The maximum Gasteiger partial charge on any atom is 0.164 e. The van der Waals surface area contributed by atoms with Crippen molar-refractivity contribution >= 4 is 5.78 Å². The van der Waals surface area contributed by atoms with E-state index in [9.17, 15) is 9.90 Å². The van der Waals surface area contributed by atoms with Crippen LogP contribution in [0.1, 0.15) is 33.5 Å². The highest BCUT2D eigenvalue weighted by Crippen LogP contribution is 2.35. The van der Waals surface area contributed by atoms with Gasteiger partial charge in [-0.15, -0.1) is 0 Å². The first-order valence-electron chi connectivity index (χ1n) is 11.1. The number of nitrogens with zero attached hydrogens (tertiary/aromatic N) is 1. The van der Waals surface area contributed by atoms with Crippen molar-refractivity contribution in [3.63, 3.8) is 0 Å². The molecule has 3 aromatic rings. The van der Waals surface area contributed by atoms with Gasteiger partial charge in [0.1, 0.15) is 18.8 Å². The van der Waals surface area contributed by atoms with E-state index in [0.29, 0.717) is 49.8 Å². The van der Waals surface area contributed by atoms with Gasteiger partial charge in [0.15, 0.2) is 17.3 Å². The second kappa shape index (κ2) is 8.77. The van der Waals surface area contributed by atoms with E-state index in [0.717, 1.165) is 29.7 Å². The third kappa shape index (κ3) is 4.01. The Morgan fingerprint density at radius 2 is 1.69 bits per heavy atom. The van der Waals surface area contributed by atoms with Crippen molar-refractivity contribution in [2.75, 3.05) is 32.8 Å². The van der Waals surface area contributed by atoms with Crippen LogP contribution in [-0.4, -0.2) is 48.6 Å². The number of ketones is 1. The van der Waals surface area contributed by atoms with Gasteiger partial charge in [0.05, 0.1) is 0 Å². The van der Waals surface area contributed by atoms with Gasteiger partial charge in [0, 0.05) is 31.6 Å². The van der Waals surface area contributed by atoms with E-state index in [-0.39, 0.29) is 5.78 Å². The summed E-state index contributed by atoms with van der Waals surface area (Å²) in [7, 11) is 0. The van der Waals surface area contributed by atoms with Gasteiger partial charge >= 0.3 is 0 Å². The van der Waals surface area contributed by atoms with Crippen molar-refractivity contribution in [2.24, 2.45) is 0 Å². The monoisotopic (exact) mass is 429 g/mol. The predicted molar refractivity (Wildman–Crippen MR) is 122 cm³/mol. The van der Waals surface area contributed by atoms with Gasteiger partial charge in [-0.1, -0.05) is 54.6 Å². The number of β-amino-alcohol motifs (C(OH)–C–C–N with tert-alkyl or cyclic N) is 1. The van der Waals surface area contributed by atoms with Crippen LogP contribution in [0.3, 0.4) is 0 Å². The van der Waals surface area contributed by atoms with Crippen molar-refractivity contribution in [1.29, 1.82) is 0 Å². The van der Waals surface area contributed by atoms with E-state index in [1.54, 1.807) is 18.2 Å². The van der Waals surface area contributed by atoms with Crippen molar-refractivity contribution < 1.29 is 19.4 Å². The highest BCUT2D eigenvalue weighted by Gasteiger charge is 2.37. The van der Waals surface area contributed by atoms with E-state index in [4.69, 9.17) is 9.47 Å². The summed E-state index contributed by atoms with van der Waals surface area (Å²) < 4.78 is 11.2. The summed E-state index contributed by atoms with van der Waals surface area (Å²) in [5.74, 6) is 1.38. The number of Topliss-reactive ketones (excluding diaryl/α,β-unsaturated/α-hetero) is 1. The number of ether oxygens (including phenoxy) is 2. The van der Waals surface area contributed by atoms with E-state index in [1.165, 1.54) is 0 Å². The zero-order valence-corrected chi connectivity index (χ0v) is 18.0. The number of carbonyl (C=O) groups is 1. The lowest BCUT2D eigenvalue weighted by Gasteiger charge is -2.33. The van der Waals surface area contributed by atoms with E-state index >= 15 is 0 Å². The molecular formula is C27H27NO4. The van der Waals surface area contributed by atoms with Crippen LogP contribution in [0.2, 0.25) is 0 Å². The zero-order valence-electron chi connectivity index (χ0n) is 18.0. The van der Waals surface area contributed by atoms with Crippen LogP contribution in [0, 0.1) is 0 Å². The first-order chi connectivity index (χ1) is 15.6. The first kappa shape index (κ1) is 20.7. The van der Waals surface area contributed by atoms with Crippen LogP contribution in [-0.2, 0) is 12.0 Å². The molecule has 3 aromatic carbocycles. The van der Waals surface area contributed by atoms with Gasteiger partial charge in [-0.05, 0) is 41.3 Å². The highest BCUT2D eigenvalue weighted by molar-refractivity contribution is 5.96. The fourth-order valence-corrected chi connectivity index (χ4v) is 4.68. The van der Waals surface area contributed by atoms with Crippen molar-refractivity contribution in [2.45, 2.75) is 18.4 Å². The SMILES string of the molecule is O=C(CCN1CCc2ccccc2[C@@](O)(c2ccccc2)C1)c1ccc2c(c1)OCCO2. The average molecular weight is 430 g/mol. The molecule has 2 heterocycles. The fraction of sp³-hybridized carbons (Fsp3) is 0.296. The van der Waals surface area contributed by atoms with Gasteiger partial charge < -0.3 is 14.6 Å². The van der Waals surface area contributed by atoms with Gasteiger partial charge in [-0.25, -0.2) is 0 Å². The molecule has 0 unspecified atom stereocenters. The lowest BCUT2D eigenvalue weighted by atomic mass is 9.83. The van der Waals surface area contributed by atoms with Crippen molar-refractivity contribution in [1.82, 2.24) is 4.90 Å². The molecule has 5 rings (SSSR count). The Hall–Kier alpha value is -3.15. The molecule has 0 bridgehead atoms. The zero-order chi connectivity index (χ0) is 22.0. The molecule has 1 N–H and O–H groups in total. The van der Waals surface area contributed by atoms with Crippen LogP contribution < -0.4 is 9.47 Å². The molecule has 0 aromatic heterocycles. The van der Waals surface area contributed by atoms with Crippen LogP contribution in [0.4, 0.5) is 0 Å². The minimum Gasteiger partial charge on any atom is -0.486 e. The normalized spacial score (nSPS) is 20.3. The Balaban J connectivity index is 1.34. The van der Waals surface area contributed by atoms with Gasteiger partial charge in [-0.2, -0.15) is 0 Å². The highest BCUT2D eigenvalue weighted by atomic mass is 16.6. The number of hydrogen-bond donors (Lipinski definition) is 1. The third-order valence-electron chi connectivity index (χ3n) is 6.38.